The number of rotatable bonds is 4. The van der Waals surface area contributed by atoms with E-state index in [1.165, 1.54) is 10.9 Å². The quantitative estimate of drug-likeness (QED) is 0.259. The predicted octanol–water partition coefficient (Wildman–Crippen LogP) is 1.92. The van der Waals surface area contributed by atoms with Gasteiger partial charge in [0.25, 0.3) is 5.95 Å². The van der Waals surface area contributed by atoms with E-state index in [-0.39, 0.29) is 5.75 Å². The Balaban J connectivity index is 2.16. The third kappa shape index (κ3) is 3.31. The van der Waals surface area contributed by atoms with Crippen LogP contribution in [-0.2, 0) is 6.42 Å². The van der Waals surface area contributed by atoms with Crippen molar-refractivity contribution in [1.82, 2.24) is 14.9 Å². The Bertz CT molecular complexity index is 655. The molecule has 4 N–H and O–H groups in total. The van der Waals surface area contributed by atoms with Crippen LogP contribution in [0, 0.1) is 7.14 Å². The van der Waals surface area contributed by atoms with Crippen molar-refractivity contribution >= 4 is 57.3 Å². The van der Waals surface area contributed by atoms with Crippen molar-refractivity contribution in [3.63, 3.8) is 0 Å². The fourth-order valence-electron chi connectivity index (χ4n) is 1.48. The summed E-state index contributed by atoms with van der Waals surface area (Å²) in [6.45, 7) is 1.94. The number of aryl methyl sites for hydroxylation is 1. The predicted molar refractivity (Wildman–Crippen MR) is 94.3 cm³/mol. The average Bonchev–Trinajstić information content (AvgIpc) is 2.76. The van der Waals surface area contributed by atoms with Gasteiger partial charge in [-0.3, -0.25) is 0 Å². The van der Waals surface area contributed by atoms with Gasteiger partial charge in [-0.2, -0.15) is 5.10 Å². The van der Waals surface area contributed by atoms with Crippen molar-refractivity contribution in [3.8, 4) is 5.75 Å². The van der Waals surface area contributed by atoms with Gasteiger partial charge in [-0.05, 0) is 57.3 Å². The number of hydrogen-bond donors (Lipinski definition) is 3. The molecule has 2 rings (SSSR count). The molecular formula is C11H12I2N6O. The molecule has 0 bridgehead atoms. The molecule has 106 valence electrons. The van der Waals surface area contributed by atoms with Crippen molar-refractivity contribution < 1.29 is 5.11 Å². The zero-order valence-electron chi connectivity index (χ0n) is 10.5. The molecule has 1 aromatic heterocycles. The summed E-state index contributed by atoms with van der Waals surface area (Å²) in [6.07, 6.45) is 2.20. The van der Waals surface area contributed by atoms with E-state index in [1.807, 2.05) is 19.1 Å². The minimum absolute atomic E-state index is 0.194. The smallest absolute Gasteiger partial charge is 0.263 e. The van der Waals surface area contributed by atoms with Crippen LogP contribution < -0.4 is 11.3 Å². The summed E-state index contributed by atoms with van der Waals surface area (Å²) in [5.41, 5.74) is 3.32. The second-order valence-corrected chi connectivity index (χ2v) is 6.27. The number of nitrogens with zero attached hydrogens (tertiary/aromatic N) is 4. The summed E-state index contributed by atoms with van der Waals surface area (Å²) < 4.78 is 3.13. The molecule has 0 saturated heterocycles. The van der Waals surface area contributed by atoms with Crippen molar-refractivity contribution in [2.75, 3.05) is 11.3 Å². The highest BCUT2D eigenvalue weighted by molar-refractivity contribution is 14.1. The van der Waals surface area contributed by atoms with E-state index in [4.69, 9.17) is 5.84 Å². The Morgan fingerprint density at radius 2 is 2.20 bits per heavy atom. The van der Waals surface area contributed by atoms with Crippen LogP contribution in [0.5, 0.6) is 5.75 Å². The number of halogens is 2. The van der Waals surface area contributed by atoms with E-state index in [2.05, 4.69) is 65.9 Å². The normalized spacial score (nSPS) is 11.2. The number of nitrogens with one attached hydrogen (secondary N) is 1. The summed E-state index contributed by atoms with van der Waals surface area (Å²) in [4.78, 5) is 0. The van der Waals surface area contributed by atoms with Crippen LogP contribution in [0.15, 0.2) is 17.2 Å². The molecule has 7 nitrogen and oxygen atoms in total. The summed E-state index contributed by atoms with van der Waals surface area (Å²) in [6, 6.07) is 3.71. The second kappa shape index (κ2) is 6.56. The fourth-order valence-corrected chi connectivity index (χ4v) is 3.37. The third-order valence-corrected chi connectivity index (χ3v) is 3.95. The van der Waals surface area contributed by atoms with E-state index in [9.17, 15) is 5.11 Å². The first-order chi connectivity index (χ1) is 9.52. The molecule has 0 amide bonds. The summed E-state index contributed by atoms with van der Waals surface area (Å²) in [7, 11) is 0. The molecule has 0 saturated carbocycles. The topological polar surface area (TPSA) is 101 Å². The maximum atomic E-state index is 9.93. The Morgan fingerprint density at radius 1 is 1.45 bits per heavy atom. The van der Waals surface area contributed by atoms with Gasteiger partial charge in [0, 0.05) is 15.6 Å². The summed E-state index contributed by atoms with van der Waals surface area (Å²) in [5.74, 6) is 6.98. The number of aromatic hydroxyl groups is 1. The van der Waals surface area contributed by atoms with Gasteiger partial charge in [0.1, 0.15) is 5.75 Å². The number of benzene rings is 1. The number of hydrogen-bond acceptors (Lipinski definition) is 6. The Morgan fingerprint density at radius 3 is 2.85 bits per heavy atom. The van der Waals surface area contributed by atoms with Crippen LogP contribution >= 0.6 is 45.2 Å². The average molecular weight is 498 g/mol. The standard InChI is InChI=1S/C11H12I2N6O/c1-2-9-16-18-11(19(9)14)17-15-5-6-3-7(12)4-8(13)10(6)20/h3-5,20H,2,14H2,1H3,(H,17,18)/b15-5-. The molecule has 0 radical (unpaired) electrons. The lowest BCUT2D eigenvalue weighted by molar-refractivity contribution is 0.470. The highest BCUT2D eigenvalue weighted by atomic mass is 127. The molecule has 0 unspecified atom stereocenters. The number of nitrogen functional groups attached to an aromatic ring is 1. The SMILES string of the molecule is CCc1nnc(N/N=C\c2cc(I)cc(I)c2O)n1N. The van der Waals surface area contributed by atoms with E-state index >= 15 is 0 Å². The number of anilines is 1. The largest absolute Gasteiger partial charge is 0.506 e. The molecule has 9 heteroatoms. The van der Waals surface area contributed by atoms with Crippen LogP contribution in [0.2, 0.25) is 0 Å². The maximum Gasteiger partial charge on any atom is 0.263 e. The van der Waals surface area contributed by atoms with Crippen LogP contribution in [0.4, 0.5) is 5.95 Å². The lowest BCUT2D eigenvalue weighted by Gasteiger charge is -2.03. The van der Waals surface area contributed by atoms with Gasteiger partial charge in [0.05, 0.1) is 9.78 Å². The Kier molecular flexibility index (Phi) is 5.01. The Hall–Kier alpha value is -1.11. The van der Waals surface area contributed by atoms with Gasteiger partial charge in [-0.1, -0.05) is 6.92 Å². The van der Waals surface area contributed by atoms with E-state index < -0.39 is 0 Å². The van der Waals surface area contributed by atoms with Gasteiger partial charge in [-0.25, -0.2) is 10.1 Å². The molecule has 0 spiro atoms. The molecule has 0 aliphatic rings. The fraction of sp³-hybridized carbons (Fsp3) is 0.182. The first kappa shape index (κ1) is 15.3. The number of nitrogens with two attached hydrogens (primary N) is 1. The molecular weight excluding hydrogens is 486 g/mol. The van der Waals surface area contributed by atoms with E-state index in [0.29, 0.717) is 23.8 Å². The van der Waals surface area contributed by atoms with Crippen molar-refractivity contribution in [2.24, 2.45) is 5.10 Å². The van der Waals surface area contributed by atoms with Gasteiger partial charge in [-0.15, -0.1) is 10.2 Å². The monoisotopic (exact) mass is 498 g/mol. The molecule has 0 atom stereocenters. The Labute approximate surface area is 142 Å². The van der Waals surface area contributed by atoms with Crippen molar-refractivity contribution in [3.05, 3.63) is 30.7 Å². The van der Waals surface area contributed by atoms with Gasteiger partial charge in [0.15, 0.2) is 5.82 Å². The number of hydrazone groups is 1. The van der Waals surface area contributed by atoms with Crippen LogP contribution in [0.3, 0.4) is 0 Å². The molecule has 20 heavy (non-hydrogen) atoms. The van der Waals surface area contributed by atoms with E-state index in [0.717, 1.165) is 7.14 Å². The molecule has 2 aromatic rings. The van der Waals surface area contributed by atoms with Gasteiger partial charge in [0.2, 0.25) is 0 Å². The minimum Gasteiger partial charge on any atom is -0.506 e. The van der Waals surface area contributed by atoms with Crippen LogP contribution in [0.1, 0.15) is 18.3 Å². The molecule has 1 heterocycles. The lowest BCUT2D eigenvalue weighted by atomic mass is 10.2. The zero-order valence-corrected chi connectivity index (χ0v) is 14.8. The van der Waals surface area contributed by atoms with Gasteiger partial charge < -0.3 is 10.9 Å². The molecule has 0 fully saturated rings. The van der Waals surface area contributed by atoms with Crippen molar-refractivity contribution in [1.29, 1.82) is 0 Å². The van der Waals surface area contributed by atoms with Crippen molar-refractivity contribution in [2.45, 2.75) is 13.3 Å². The summed E-state index contributed by atoms with van der Waals surface area (Å²) in [5, 5.41) is 21.7. The third-order valence-electron chi connectivity index (χ3n) is 2.51. The zero-order chi connectivity index (χ0) is 14.7. The first-order valence-electron chi connectivity index (χ1n) is 5.69. The minimum atomic E-state index is 0.194. The lowest BCUT2D eigenvalue weighted by Crippen LogP contribution is -2.14. The molecule has 0 aliphatic carbocycles. The molecule has 1 aromatic carbocycles. The van der Waals surface area contributed by atoms with E-state index in [1.54, 1.807) is 0 Å². The van der Waals surface area contributed by atoms with Gasteiger partial charge >= 0.3 is 0 Å². The highest BCUT2D eigenvalue weighted by Crippen LogP contribution is 2.25. The first-order valence-corrected chi connectivity index (χ1v) is 7.85. The number of phenolic OH excluding ortho intramolecular Hbond substituents is 1. The van der Waals surface area contributed by atoms with Crippen LogP contribution in [-0.4, -0.2) is 26.2 Å². The second-order valence-electron chi connectivity index (χ2n) is 3.86. The highest BCUT2D eigenvalue weighted by Gasteiger charge is 2.07. The summed E-state index contributed by atoms with van der Waals surface area (Å²) >= 11 is 4.25. The molecule has 0 aliphatic heterocycles. The number of aromatic nitrogens is 3. The maximum absolute atomic E-state index is 9.93. The van der Waals surface area contributed by atoms with Crippen LogP contribution in [0.25, 0.3) is 0 Å². The number of phenols is 1.